The van der Waals surface area contributed by atoms with Crippen molar-refractivity contribution in [2.45, 2.75) is 73.3 Å². The predicted octanol–water partition coefficient (Wildman–Crippen LogP) is 9.78. The van der Waals surface area contributed by atoms with E-state index in [2.05, 4.69) is 17.6 Å². The van der Waals surface area contributed by atoms with Gasteiger partial charge in [0.15, 0.2) is 11.6 Å². The van der Waals surface area contributed by atoms with Crippen LogP contribution >= 0.6 is 0 Å². The summed E-state index contributed by atoms with van der Waals surface area (Å²) in [5, 5.41) is 0. The van der Waals surface area contributed by atoms with Gasteiger partial charge in [0.1, 0.15) is 5.82 Å². The fraction of sp³-hybridized carbons (Fsp3) is 0.364. The molecule has 0 aliphatic carbocycles. The Labute approximate surface area is 245 Å². The van der Waals surface area contributed by atoms with E-state index < -0.39 is 29.5 Å². The van der Waals surface area contributed by atoms with E-state index in [1.807, 2.05) is 46.8 Å². The predicted molar refractivity (Wildman–Crippen MR) is 156 cm³/mol. The molecular formula is C33H40F6O3. The van der Waals surface area contributed by atoms with E-state index in [-0.39, 0.29) is 29.8 Å². The first-order valence-electron chi connectivity index (χ1n) is 13.2. The van der Waals surface area contributed by atoms with Gasteiger partial charge in [0.2, 0.25) is 0 Å². The third kappa shape index (κ3) is 13.6. The van der Waals surface area contributed by atoms with Gasteiger partial charge in [0.05, 0.1) is 18.8 Å². The summed E-state index contributed by atoms with van der Waals surface area (Å²) in [5.74, 6) is -6.41. The van der Waals surface area contributed by atoms with Crippen LogP contribution in [0.25, 0.3) is 0 Å². The number of halogens is 6. The van der Waals surface area contributed by atoms with Gasteiger partial charge in [-0.25, -0.2) is 22.4 Å². The monoisotopic (exact) mass is 598 g/mol. The highest BCUT2D eigenvalue weighted by atomic mass is 19.3. The van der Waals surface area contributed by atoms with Gasteiger partial charge < -0.3 is 9.47 Å². The topological polar surface area (TPSA) is 35.5 Å². The standard InChI is InChI=1S/C18H16F6O.C9H10O2.2C2H6.C2H2/c1-10(2)25-16-8-11(3-4-15(16)20)5-12-6-13(9-14(19)7-12)18(23,24)17(21)22;1-7-3-5-8(6-4-7)9(10)11-2;3*1-2/h3-4,6-10,17H,5H2,1-2H3;3-6H,1-2H3;2*1-2H3;1-2H. The number of hydrogen-bond acceptors (Lipinski definition) is 3. The van der Waals surface area contributed by atoms with E-state index in [9.17, 15) is 31.1 Å². The molecule has 9 heteroatoms. The van der Waals surface area contributed by atoms with E-state index in [0.29, 0.717) is 17.2 Å². The van der Waals surface area contributed by atoms with Gasteiger partial charge >= 0.3 is 18.3 Å². The first-order valence-corrected chi connectivity index (χ1v) is 13.2. The fourth-order valence-electron chi connectivity index (χ4n) is 3.12. The minimum atomic E-state index is -4.45. The van der Waals surface area contributed by atoms with Crippen molar-refractivity contribution >= 4 is 5.97 Å². The van der Waals surface area contributed by atoms with Gasteiger partial charge in [-0.1, -0.05) is 51.5 Å². The summed E-state index contributed by atoms with van der Waals surface area (Å²) in [6.07, 6.45) is 3.73. The molecule has 0 saturated heterocycles. The molecule has 0 heterocycles. The van der Waals surface area contributed by atoms with Crippen molar-refractivity contribution in [2.24, 2.45) is 0 Å². The first kappa shape index (κ1) is 40.2. The third-order valence-corrected chi connectivity index (χ3v) is 4.86. The number of benzene rings is 3. The highest BCUT2D eigenvalue weighted by Crippen LogP contribution is 2.35. The van der Waals surface area contributed by atoms with Crippen LogP contribution in [0.4, 0.5) is 26.3 Å². The molecular weight excluding hydrogens is 558 g/mol. The molecule has 0 aliphatic rings. The van der Waals surface area contributed by atoms with Crippen molar-refractivity contribution in [2.75, 3.05) is 7.11 Å². The van der Waals surface area contributed by atoms with Crippen molar-refractivity contribution in [1.29, 1.82) is 0 Å². The SMILES string of the molecule is C#C.CC.CC.CC(C)Oc1cc(Cc2cc(F)cc(C(F)(F)C(F)F)c2)ccc1F.COC(=O)c1ccc(C)cc1. The van der Waals surface area contributed by atoms with Gasteiger partial charge in [0.25, 0.3) is 0 Å². The zero-order chi connectivity index (χ0) is 33.0. The molecule has 0 spiro atoms. The second-order valence-electron chi connectivity index (χ2n) is 8.24. The normalized spacial score (nSPS) is 9.95. The largest absolute Gasteiger partial charge is 0.488 e. The van der Waals surface area contributed by atoms with Crippen molar-refractivity contribution < 1.29 is 40.6 Å². The highest BCUT2D eigenvalue weighted by Gasteiger charge is 2.43. The quantitative estimate of drug-likeness (QED) is 0.154. The summed E-state index contributed by atoms with van der Waals surface area (Å²) >= 11 is 0. The zero-order valence-corrected chi connectivity index (χ0v) is 25.3. The molecule has 0 saturated carbocycles. The fourth-order valence-corrected chi connectivity index (χ4v) is 3.12. The maximum absolute atomic E-state index is 13.7. The van der Waals surface area contributed by atoms with Gasteiger partial charge in [0, 0.05) is 5.56 Å². The Bertz CT molecular complexity index is 1210. The lowest BCUT2D eigenvalue weighted by molar-refractivity contribution is -0.135. The number of ether oxygens (including phenoxy) is 2. The Balaban J connectivity index is 0. The van der Waals surface area contributed by atoms with Crippen LogP contribution in [0.2, 0.25) is 0 Å². The van der Waals surface area contributed by atoms with Crippen LogP contribution < -0.4 is 4.74 Å². The van der Waals surface area contributed by atoms with Crippen LogP contribution in [0.15, 0.2) is 60.7 Å². The number of terminal acetylenes is 1. The van der Waals surface area contributed by atoms with E-state index in [1.54, 1.807) is 26.0 Å². The number of aryl methyl sites for hydroxylation is 1. The number of carbonyl (C=O) groups excluding carboxylic acids is 1. The number of carbonyl (C=O) groups is 1. The molecule has 3 rings (SSSR count). The molecule has 42 heavy (non-hydrogen) atoms. The van der Waals surface area contributed by atoms with Crippen molar-refractivity contribution in [3.63, 3.8) is 0 Å². The second-order valence-corrected chi connectivity index (χ2v) is 8.24. The summed E-state index contributed by atoms with van der Waals surface area (Å²) in [5.41, 5.74) is 1.17. The van der Waals surface area contributed by atoms with Gasteiger partial charge in [-0.15, -0.1) is 12.8 Å². The lowest BCUT2D eigenvalue weighted by Crippen LogP contribution is -2.23. The van der Waals surface area contributed by atoms with Crippen LogP contribution in [-0.2, 0) is 17.1 Å². The van der Waals surface area contributed by atoms with E-state index >= 15 is 0 Å². The van der Waals surface area contributed by atoms with Crippen LogP contribution in [0, 0.1) is 31.4 Å². The molecule has 0 unspecified atom stereocenters. The summed E-state index contributed by atoms with van der Waals surface area (Å²) in [4.78, 5) is 10.9. The zero-order valence-electron chi connectivity index (χ0n) is 25.3. The molecule has 0 amide bonds. The van der Waals surface area contributed by atoms with Crippen LogP contribution in [0.3, 0.4) is 0 Å². The Morgan fingerprint density at radius 2 is 1.40 bits per heavy atom. The maximum atomic E-state index is 13.7. The lowest BCUT2D eigenvalue weighted by atomic mass is 9.99. The highest BCUT2D eigenvalue weighted by molar-refractivity contribution is 5.89. The van der Waals surface area contributed by atoms with E-state index in [4.69, 9.17) is 4.74 Å². The minimum absolute atomic E-state index is 0.0259. The average molecular weight is 599 g/mol. The summed E-state index contributed by atoms with van der Waals surface area (Å²) in [6, 6.07) is 13.3. The summed E-state index contributed by atoms with van der Waals surface area (Å²) in [6.45, 7) is 13.4. The molecule has 3 nitrogen and oxygen atoms in total. The van der Waals surface area contributed by atoms with Gasteiger partial charge in [-0.3, -0.25) is 0 Å². The lowest BCUT2D eigenvalue weighted by Gasteiger charge is -2.17. The molecule has 232 valence electrons. The molecule has 0 aromatic heterocycles. The van der Waals surface area contributed by atoms with E-state index in [0.717, 1.165) is 23.8 Å². The van der Waals surface area contributed by atoms with Gasteiger partial charge in [-0.2, -0.15) is 8.78 Å². The van der Waals surface area contributed by atoms with E-state index in [1.165, 1.54) is 19.2 Å². The molecule has 0 aliphatic heterocycles. The Morgan fingerprint density at radius 1 is 0.857 bits per heavy atom. The Kier molecular flexibility index (Phi) is 20.0. The smallest absolute Gasteiger partial charge is 0.337 e. The molecule has 3 aromatic rings. The molecule has 0 atom stereocenters. The molecule has 0 fully saturated rings. The minimum Gasteiger partial charge on any atom is -0.488 e. The number of esters is 1. The maximum Gasteiger partial charge on any atom is 0.337 e. The molecule has 0 N–H and O–H groups in total. The summed E-state index contributed by atoms with van der Waals surface area (Å²) in [7, 11) is 1.38. The van der Waals surface area contributed by atoms with Crippen molar-refractivity contribution in [3.8, 4) is 18.6 Å². The number of alkyl halides is 4. The average Bonchev–Trinajstić information content (AvgIpc) is 2.97. The molecule has 0 bridgehead atoms. The van der Waals surface area contributed by atoms with Crippen molar-refractivity contribution in [3.05, 3.63) is 100 Å². The van der Waals surface area contributed by atoms with Crippen molar-refractivity contribution in [1.82, 2.24) is 0 Å². The number of rotatable bonds is 7. The second kappa shape index (κ2) is 20.9. The van der Waals surface area contributed by atoms with Crippen LogP contribution in [0.5, 0.6) is 5.75 Å². The van der Waals surface area contributed by atoms with Crippen LogP contribution in [-0.4, -0.2) is 25.6 Å². The third-order valence-electron chi connectivity index (χ3n) is 4.86. The number of methoxy groups -OCH3 is 1. The van der Waals surface area contributed by atoms with Gasteiger partial charge in [-0.05, 0) is 80.8 Å². The molecule has 3 aromatic carbocycles. The first-order chi connectivity index (χ1) is 19.8. The summed E-state index contributed by atoms with van der Waals surface area (Å²) < 4.78 is 88.9. The number of hydrogen-bond donors (Lipinski definition) is 0. The Hall–Kier alpha value is -3.93. The van der Waals surface area contributed by atoms with Crippen LogP contribution in [0.1, 0.15) is 74.2 Å². The Morgan fingerprint density at radius 3 is 1.88 bits per heavy atom. The molecule has 0 radical (unpaired) electrons.